The molecule has 0 bridgehead atoms. The van der Waals surface area contributed by atoms with E-state index in [4.69, 9.17) is 33.2 Å². The average molecular weight is 294 g/mol. The van der Waals surface area contributed by atoms with E-state index in [0.717, 1.165) is 10.8 Å². The molecule has 0 amide bonds. The molecule has 0 spiro atoms. The molecule has 96 valence electrons. The van der Waals surface area contributed by atoms with Gasteiger partial charge in [-0.25, -0.2) is 0 Å². The molecule has 2 rings (SSSR count). The van der Waals surface area contributed by atoms with E-state index >= 15 is 0 Å². The van der Waals surface area contributed by atoms with Gasteiger partial charge in [-0.15, -0.1) is 0 Å². The average Bonchev–Trinajstić information content (AvgIpc) is 2.40. The van der Waals surface area contributed by atoms with E-state index in [1.54, 1.807) is 6.07 Å². The van der Waals surface area contributed by atoms with Gasteiger partial charge in [-0.05, 0) is 11.5 Å². The fourth-order valence-corrected chi connectivity index (χ4v) is 2.35. The van der Waals surface area contributed by atoms with Crippen molar-refractivity contribution >= 4 is 39.9 Å². The van der Waals surface area contributed by atoms with Crippen LogP contribution in [-0.4, -0.2) is 5.97 Å². The van der Waals surface area contributed by atoms with Crippen LogP contribution in [0.2, 0.25) is 10.0 Å². The van der Waals surface area contributed by atoms with Crippen LogP contribution in [0.3, 0.4) is 0 Å². The van der Waals surface area contributed by atoms with Crippen LogP contribution in [0.25, 0.3) is 10.8 Å². The van der Waals surface area contributed by atoms with E-state index in [1.807, 2.05) is 30.3 Å². The molecule has 0 aliphatic heterocycles. The minimum atomic E-state index is -1.06. The van der Waals surface area contributed by atoms with Gasteiger partial charge < -0.3 is 4.74 Å². The molecule has 0 saturated heterocycles. The second-order valence-electron chi connectivity index (χ2n) is 3.93. The summed E-state index contributed by atoms with van der Waals surface area (Å²) in [7, 11) is 0. The Kier molecular flexibility index (Phi) is 3.94. The Morgan fingerprint density at radius 2 is 2.00 bits per heavy atom. The summed E-state index contributed by atoms with van der Waals surface area (Å²) in [6.45, 7) is 1.24. The molecule has 19 heavy (non-hydrogen) atoms. The summed E-state index contributed by atoms with van der Waals surface area (Å²) in [5.41, 5.74) is 0.392. The maximum atomic E-state index is 11.0. The summed E-state index contributed by atoms with van der Waals surface area (Å²) in [6.07, 6.45) is -1.06. The maximum Gasteiger partial charge on any atom is 0.304 e. The number of esters is 1. The smallest absolute Gasteiger partial charge is 0.304 e. The number of nitriles is 1. The number of nitrogens with zero attached hydrogens (tertiary/aromatic N) is 1. The van der Waals surface area contributed by atoms with Gasteiger partial charge in [0.1, 0.15) is 6.07 Å². The topological polar surface area (TPSA) is 50.1 Å². The molecule has 1 atom stereocenters. The summed E-state index contributed by atoms with van der Waals surface area (Å²) in [4.78, 5) is 11.0. The molecule has 0 aromatic heterocycles. The standard InChI is InChI=1S/C14H9Cl2NO2/c1-8(18)19-12(7-17)11-6-9-4-2-3-5-10(9)13(15)14(11)16/h2-6,12H,1H3/t12-/m0/s1. The second kappa shape index (κ2) is 5.48. The van der Waals surface area contributed by atoms with Crippen LogP contribution >= 0.6 is 23.2 Å². The van der Waals surface area contributed by atoms with Crippen LogP contribution < -0.4 is 0 Å². The normalized spacial score (nSPS) is 11.9. The van der Waals surface area contributed by atoms with Crippen LogP contribution in [0.15, 0.2) is 30.3 Å². The van der Waals surface area contributed by atoms with Crippen molar-refractivity contribution in [2.45, 2.75) is 13.0 Å². The molecular weight excluding hydrogens is 285 g/mol. The van der Waals surface area contributed by atoms with Crippen molar-refractivity contribution in [1.29, 1.82) is 5.26 Å². The SMILES string of the molecule is CC(=O)O[C@@H](C#N)c1cc2ccccc2c(Cl)c1Cl. The molecule has 3 nitrogen and oxygen atoms in total. The van der Waals surface area contributed by atoms with Crippen molar-refractivity contribution in [3.63, 3.8) is 0 Å². The third-order valence-corrected chi connectivity index (χ3v) is 3.53. The zero-order chi connectivity index (χ0) is 14.0. The van der Waals surface area contributed by atoms with E-state index in [2.05, 4.69) is 0 Å². The van der Waals surface area contributed by atoms with Gasteiger partial charge >= 0.3 is 5.97 Å². The lowest BCUT2D eigenvalue weighted by molar-refractivity contribution is -0.144. The van der Waals surface area contributed by atoms with Crippen molar-refractivity contribution in [2.75, 3.05) is 0 Å². The highest BCUT2D eigenvalue weighted by atomic mass is 35.5. The molecule has 0 N–H and O–H groups in total. The Bertz CT molecular complexity index is 692. The number of benzene rings is 2. The van der Waals surface area contributed by atoms with E-state index in [9.17, 15) is 4.79 Å². The third kappa shape index (κ3) is 2.65. The van der Waals surface area contributed by atoms with E-state index < -0.39 is 12.1 Å². The number of carbonyl (C=O) groups is 1. The first-order chi connectivity index (χ1) is 9.04. The van der Waals surface area contributed by atoms with Crippen LogP contribution in [0.1, 0.15) is 18.6 Å². The number of ether oxygens (including phenoxy) is 1. The van der Waals surface area contributed by atoms with Crippen molar-refractivity contribution in [1.82, 2.24) is 0 Å². The highest BCUT2D eigenvalue weighted by Gasteiger charge is 2.20. The number of hydrogen-bond donors (Lipinski definition) is 0. The third-order valence-electron chi connectivity index (χ3n) is 2.64. The molecule has 0 unspecified atom stereocenters. The maximum absolute atomic E-state index is 11.0. The van der Waals surface area contributed by atoms with E-state index in [1.165, 1.54) is 6.92 Å². The first-order valence-corrected chi connectivity index (χ1v) is 6.23. The van der Waals surface area contributed by atoms with Crippen molar-refractivity contribution in [3.05, 3.63) is 45.9 Å². The minimum Gasteiger partial charge on any atom is -0.442 e. The Morgan fingerprint density at radius 3 is 2.63 bits per heavy atom. The first kappa shape index (κ1) is 13.7. The number of rotatable bonds is 2. The van der Waals surface area contributed by atoms with Crippen LogP contribution in [0.4, 0.5) is 0 Å². The lowest BCUT2D eigenvalue weighted by Gasteiger charge is -2.14. The highest BCUT2D eigenvalue weighted by molar-refractivity contribution is 6.45. The predicted molar refractivity (Wildman–Crippen MR) is 74.1 cm³/mol. The lowest BCUT2D eigenvalue weighted by atomic mass is 10.0. The van der Waals surface area contributed by atoms with Crippen LogP contribution in [-0.2, 0) is 9.53 Å². The van der Waals surface area contributed by atoms with Crippen molar-refractivity contribution < 1.29 is 9.53 Å². The zero-order valence-electron chi connectivity index (χ0n) is 9.98. The zero-order valence-corrected chi connectivity index (χ0v) is 11.5. The molecule has 0 aliphatic carbocycles. The number of carbonyl (C=O) groups excluding carboxylic acids is 1. The van der Waals surface area contributed by atoms with Gasteiger partial charge in [0.25, 0.3) is 0 Å². The van der Waals surface area contributed by atoms with Gasteiger partial charge in [0.15, 0.2) is 0 Å². The Balaban J connectivity index is 2.64. The summed E-state index contributed by atoms with van der Waals surface area (Å²) in [6, 6.07) is 11.0. The molecule has 5 heteroatoms. The molecule has 2 aromatic carbocycles. The molecule has 0 heterocycles. The lowest BCUT2D eigenvalue weighted by Crippen LogP contribution is -2.07. The summed E-state index contributed by atoms with van der Waals surface area (Å²) in [5, 5.41) is 11.3. The highest BCUT2D eigenvalue weighted by Crippen LogP contribution is 2.37. The van der Waals surface area contributed by atoms with E-state index in [0.29, 0.717) is 10.6 Å². The van der Waals surface area contributed by atoms with Gasteiger partial charge in [0.05, 0.1) is 10.0 Å². The fourth-order valence-electron chi connectivity index (χ4n) is 1.81. The molecule has 0 saturated carbocycles. The Morgan fingerprint density at radius 1 is 1.32 bits per heavy atom. The quantitative estimate of drug-likeness (QED) is 0.777. The number of hydrogen-bond acceptors (Lipinski definition) is 3. The first-order valence-electron chi connectivity index (χ1n) is 5.48. The van der Waals surface area contributed by atoms with Gasteiger partial charge in [-0.2, -0.15) is 5.26 Å². The molecular formula is C14H9Cl2NO2. The van der Waals surface area contributed by atoms with Crippen LogP contribution in [0.5, 0.6) is 0 Å². The van der Waals surface area contributed by atoms with Crippen LogP contribution in [0, 0.1) is 11.3 Å². The Labute approximate surface area is 120 Å². The monoisotopic (exact) mass is 293 g/mol. The molecule has 0 aliphatic rings. The molecule has 2 aromatic rings. The molecule has 0 fully saturated rings. The van der Waals surface area contributed by atoms with Gasteiger partial charge in [0.2, 0.25) is 6.10 Å². The van der Waals surface area contributed by atoms with Gasteiger partial charge in [0, 0.05) is 17.9 Å². The number of halogens is 2. The Hall–Kier alpha value is -1.76. The summed E-state index contributed by atoms with van der Waals surface area (Å²) < 4.78 is 4.93. The largest absolute Gasteiger partial charge is 0.442 e. The fraction of sp³-hybridized carbons (Fsp3) is 0.143. The minimum absolute atomic E-state index is 0.230. The van der Waals surface area contributed by atoms with Crippen molar-refractivity contribution in [3.8, 4) is 6.07 Å². The summed E-state index contributed by atoms with van der Waals surface area (Å²) in [5.74, 6) is -0.549. The number of fused-ring (bicyclic) bond motifs is 1. The van der Waals surface area contributed by atoms with E-state index in [-0.39, 0.29) is 5.02 Å². The van der Waals surface area contributed by atoms with Crippen molar-refractivity contribution in [2.24, 2.45) is 0 Å². The second-order valence-corrected chi connectivity index (χ2v) is 4.69. The summed E-state index contributed by atoms with van der Waals surface area (Å²) >= 11 is 12.3. The van der Waals surface area contributed by atoms with Gasteiger partial charge in [-0.1, -0.05) is 47.5 Å². The molecule has 0 radical (unpaired) electrons. The van der Waals surface area contributed by atoms with Gasteiger partial charge in [-0.3, -0.25) is 4.79 Å². The predicted octanol–water partition coefficient (Wildman–Crippen LogP) is 4.27.